The van der Waals surface area contributed by atoms with Gasteiger partial charge in [0.1, 0.15) is 6.61 Å². The van der Waals surface area contributed by atoms with Crippen LogP contribution >= 0.6 is 0 Å². The summed E-state index contributed by atoms with van der Waals surface area (Å²) in [5.74, 6) is 0. The third-order valence-corrected chi connectivity index (χ3v) is 2.09. The molecule has 90 valence electrons. The van der Waals surface area contributed by atoms with Gasteiger partial charge >= 0.3 is 6.09 Å². The number of ether oxygens (including phenoxy) is 1. The van der Waals surface area contributed by atoms with E-state index in [0.717, 1.165) is 5.56 Å². The van der Waals surface area contributed by atoms with Gasteiger partial charge in [-0.3, -0.25) is 0 Å². The highest BCUT2D eigenvalue weighted by molar-refractivity contribution is 5.67. The van der Waals surface area contributed by atoms with Crippen LogP contribution in [0.1, 0.15) is 12.5 Å². The Kier molecular flexibility index (Phi) is 5.58. The lowest BCUT2D eigenvalue weighted by atomic mass is 10.2. The molecule has 1 aromatic carbocycles. The average Bonchev–Trinajstić information content (AvgIpc) is 2.35. The van der Waals surface area contributed by atoms with Gasteiger partial charge in [-0.25, -0.2) is 4.79 Å². The maximum atomic E-state index is 11.4. The second-order valence-electron chi connectivity index (χ2n) is 3.62. The highest BCUT2D eigenvalue weighted by atomic mass is 16.5. The van der Waals surface area contributed by atoms with E-state index < -0.39 is 6.09 Å². The molecule has 3 heteroatoms. The Morgan fingerprint density at radius 3 is 2.82 bits per heavy atom. The fourth-order valence-electron chi connectivity index (χ4n) is 1.24. The van der Waals surface area contributed by atoms with Crippen LogP contribution in [0.3, 0.4) is 0 Å². The molecule has 0 fully saturated rings. The van der Waals surface area contributed by atoms with Gasteiger partial charge in [0.25, 0.3) is 0 Å². The molecule has 0 radical (unpaired) electrons. The lowest BCUT2D eigenvalue weighted by Gasteiger charge is -2.10. The largest absolute Gasteiger partial charge is 0.445 e. The first-order valence-electron chi connectivity index (χ1n) is 5.49. The number of hydrogen-bond acceptors (Lipinski definition) is 2. The number of carbonyl (C=O) groups is 1. The van der Waals surface area contributed by atoms with Crippen molar-refractivity contribution in [3.63, 3.8) is 0 Å². The number of amides is 1. The fraction of sp³-hybridized carbons (Fsp3) is 0.214. The summed E-state index contributed by atoms with van der Waals surface area (Å²) in [7, 11) is 0. The molecule has 0 heterocycles. The van der Waals surface area contributed by atoms with Crippen molar-refractivity contribution in [3.8, 4) is 0 Å². The van der Waals surface area contributed by atoms with Gasteiger partial charge in [0.2, 0.25) is 0 Å². The summed E-state index contributed by atoms with van der Waals surface area (Å²) in [5.41, 5.74) is 0.969. The minimum atomic E-state index is -0.421. The molecule has 0 spiro atoms. The maximum absolute atomic E-state index is 11.4. The van der Waals surface area contributed by atoms with Gasteiger partial charge in [0.15, 0.2) is 0 Å². The van der Waals surface area contributed by atoms with Gasteiger partial charge in [0.05, 0.1) is 0 Å². The van der Waals surface area contributed by atoms with E-state index in [2.05, 4.69) is 11.9 Å². The van der Waals surface area contributed by atoms with Crippen molar-refractivity contribution in [2.24, 2.45) is 0 Å². The Morgan fingerprint density at radius 1 is 1.47 bits per heavy atom. The van der Waals surface area contributed by atoms with E-state index in [9.17, 15) is 4.79 Å². The zero-order valence-corrected chi connectivity index (χ0v) is 9.93. The number of hydrogen-bond donors (Lipinski definition) is 1. The van der Waals surface area contributed by atoms with Crippen LogP contribution in [0.15, 0.2) is 55.1 Å². The van der Waals surface area contributed by atoms with Crippen molar-refractivity contribution < 1.29 is 9.53 Å². The predicted octanol–water partition coefficient (Wildman–Crippen LogP) is 3.04. The van der Waals surface area contributed by atoms with Gasteiger partial charge in [-0.15, -0.1) is 0 Å². The summed E-state index contributed by atoms with van der Waals surface area (Å²) in [6.45, 7) is 5.70. The zero-order chi connectivity index (χ0) is 12.5. The van der Waals surface area contributed by atoms with Gasteiger partial charge in [0, 0.05) is 6.04 Å². The van der Waals surface area contributed by atoms with Crippen LogP contribution in [0.5, 0.6) is 0 Å². The number of alkyl carbamates (subject to hydrolysis) is 1. The van der Waals surface area contributed by atoms with Crippen molar-refractivity contribution in [2.45, 2.75) is 19.6 Å². The minimum Gasteiger partial charge on any atom is -0.445 e. The Bertz CT molecular complexity index is 384. The third kappa shape index (κ3) is 5.56. The molecule has 0 aliphatic rings. The number of nitrogens with one attached hydrogen (secondary N) is 1. The highest BCUT2D eigenvalue weighted by Gasteiger charge is 2.04. The molecule has 0 unspecified atom stereocenters. The summed E-state index contributed by atoms with van der Waals surface area (Å²) in [6.07, 6.45) is 4.85. The van der Waals surface area contributed by atoms with Crippen LogP contribution in [0, 0.1) is 0 Å². The lowest BCUT2D eigenvalue weighted by Crippen LogP contribution is -2.31. The van der Waals surface area contributed by atoms with Crippen LogP contribution in [-0.4, -0.2) is 12.1 Å². The SMILES string of the molecule is C=C/C=C/[C@H](C)NC(=O)OCc1ccccc1. The summed E-state index contributed by atoms with van der Waals surface area (Å²) >= 11 is 0. The van der Waals surface area contributed by atoms with E-state index in [-0.39, 0.29) is 12.6 Å². The molecule has 17 heavy (non-hydrogen) atoms. The second kappa shape index (κ2) is 7.28. The molecular weight excluding hydrogens is 214 g/mol. The van der Waals surface area contributed by atoms with Crippen LogP contribution < -0.4 is 5.32 Å². The van der Waals surface area contributed by atoms with E-state index in [1.807, 2.05) is 43.3 Å². The molecule has 1 rings (SSSR count). The topological polar surface area (TPSA) is 38.3 Å². The number of allylic oxidation sites excluding steroid dienone is 2. The molecular formula is C14H17NO2. The Hall–Kier alpha value is -2.03. The monoisotopic (exact) mass is 231 g/mol. The van der Waals surface area contributed by atoms with Crippen LogP contribution in [0.4, 0.5) is 4.79 Å². The van der Waals surface area contributed by atoms with Crippen molar-refractivity contribution in [2.75, 3.05) is 0 Å². The van der Waals surface area contributed by atoms with E-state index in [1.54, 1.807) is 12.2 Å². The van der Waals surface area contributed by atoms with Crippen LogP contribution in [-0.2, 0) is 11.3 Å². The van der Waals surface area contributed by atoms with E-state index in [0.29, 0.717) is 0 Å². The Morgan fingerprint density at radius 2 is 2.18 bits per heavy atom. The molecule has 0 aromatic heterocycles. The van der Waals surface area contributed by atoms with Crippen LogP contribution in [0.25, 0.3) is 0 Å². The van der Waals surface area contributed by atoms with E-state index in [4.69, 9.17) is 4.74 Å². The number of rotatable bonds is 5. The lowest BCUT2D eigenvalue weighted by molar-refractivity contribution is 0.138. The first-order chi connectivity index (χ1) is 8.22. The quantitative estimate of drug-likeness (QED) is 0.791. The normalized spacial score (nSPS) is 12.1. The molecule has 3 nitrogen and oxygen atoms in total. The fourth-order valence-corrected chi connectivity index (χ4v) is 1.24. The summed E-state index contributed by atoms with van der Waals surface area (Å²) in [6, 6.07) is 9.49. The molecule has 1 aromatic rings. The second-order valence-corrected chi connectivity index (χ2v) is 3.62. The van der Waals surface area contributed by atoms with Crippen molar-refractivity contribution >= 4 is 6.09 Å². The highest BCUT2D eigenvalue weighted by Crippen LogP contribution is 2.00. The molecule has 0 aliphatic heterocycles. The zero-order valence-electron chi connectivity index (χ0n) is 9.93. The number of carbonyl (C=O) groups excluding carboxylic acids is 1. The van der Waals surface area contributed by atoms with Crippen molar-refractivity contribution in [3.05, 3.63) is 60.7 Å². The van der Waals surface area contributed by atoms with Gasteiger partial charge in [-0.1, -0.05) is 55.1 Å². The third-order valence-electron chi connectivity index (χ3n) is 2.09. The smallest absolute Gasteiger partial charge is 0.407 e. The summed E-state index contributed by atoms with van der Waals surface area (Å²) < 4.78 is 5.07. The van der Waals surface area contributed by atoms with E-state index in [1.165, 1.54) is 0 Å². The van der Waals surface area contributed by atoms with E-state index >= 15 is 0 Å². The van der Waals surface area contributed by atoms with Gasteiger partial charge in [-0.2, -0.15) is 0 Å². The Labute approximate surface area is 102 Å². The predicted molar refractivity (Wildman–Crippen MR) is 68.6 cm³/mol. The van der Waals surface area contributed by atoms with Crippen molar-refractivity contribution in [1.29, 1.82) is 0 Å². The molecule has 0 aliphatic carbocycles. The number of benzene rings is 1. The molecule has 1 amide bonds. The molecule has 1 atom stereocenters. The van der Waals surface area contributed by atoms with Crippen molar-refractivity contribution in [1.82, 2.24) is 5.32 Å². The molecule has 1 N–H and O–H groups in total. The van der Waals surface area contributed by atoms with Crippen LogP contribution in [0.2, 0.25) is 0 Å². The Balaban J connectivity index is 2.30. The first-order valence-corrected chi connectivity index (χ1v) is 5.49. The summed E-state index contributed by atoms with van der Waals surface area (Å²) in [5, 5.41) is 2.69. The van der Waals surface area contributed by atoms with Gasteiger partial charge < -0.3 is 10.1 Å². The van der Waals surface area contributed by atoms with Gasteiger partial charge in [-0.05, 0) is 12.5 Å². The molecule has 0 saturated carbocycles. The molecule has 0 bridgehead atoms. The average molecular weight is 231 g/mol. The molecule has 0 saturated heterocycles. The summed E-state index contributed by atoms with van der Waals surface area (Å²) in [4.78, 5) is 11.4. The maximum Gasteiger partial charge on any atom is 0.407 e. The first kappa shape index (κ1) is 13.0. The standard InChI is InChI=1S/C14H17NO2/c1-3-4-8-12(2)15-14(16)17-11-13-9-6-5-7-10-13/h3-10,12H,1,11H2,2H3,(H,15,16)/b8-4+/t12-/m0/s1. The minimum absolute atomic E-state index is 0.0729.